The summed E-state index contributed by atoms with van der Waals surface area (Å²) in [5, 5.41) is 11.9. The van der Waals surface area contributed by atoms with Gasteiger partial charge in [0.25, 0.3) is 5.92 Å². The summed E-state index contributed by atoms with van der Waals surface area (Å²) in [7, 11) is 0. The van der Waals surface area contributed by atoms with Gasteiger partial charge in [0, 0.05) is 13.1 Å². The van der Waals surface area contributed by atoms with E-state index in [4.69, 9.17) is 9.84 Å². The molecule has 2 saturated heterocycles. The SMILES string of the molecule is Cl.OCC12CNCC(COC1)C2(F)F. The van der Waals surface area contributed by atoms with Crippen LogP contribution in [0.4, 0.5) is 8.78 Å². The van der Waals surface area contributed by atoms with E-state index in [9.17, 15) is 8.78 Å². The molecule has 0 aliphatic carbocycles. The topological polar surface area (TPSA) is 41.5 Å². The normalized spacial score (nSPS) is 40.1. The van der Waals surface area contributed by atoms with Crippen LogP contribution in [0, 0.1) is 11.3 Å². The van der Waals surface area contributed by atoms with Crippen LogP contribution in [-0.4, -0.2) is 43.9 Å². The molecule has 0 radical (unpaired) electrons. The summed E-state index contributed by atoms with van der Waals surface area (Å²) in [6.07, 6.45) is 0. The maximum atomic E-state index is 13.7. The van der Waals surface area contributed by atoms with E-state index in [1.54, 1.807) is 0 Å². The molecule has 2 aliphatic heterocycles. The van der Waals surface area contributed by atoms with Gasteiger partial charge in [-0.3, -0.25) is 0 Å². The number of rotatable bonds is 1. The van der Waals surface area contributed by atoms with E-state index in [-0.39, 0.29) is 38.7 Å². The first kappa shape index (κ1) is 12.1. The Balaban J connectivity index is 0.000000980. The highest BCUT2D eigenvalue weighted by Crippen LogP contribution is 2.47. The van der Waals surface area contributed by atoms with Crippen LogP contribution >= 0.6 is 12.4 Å². The molecular weight excluding hydrogens is 216 g/mol. The number of fused-ring (bicyclic) bond motifs is 2. The second-order valence-corrected chi connectivity index (χ2v) is 3.90. The molecule has 14 heavy (non-hydrogen) atoms. The lowest BCUT2D eigenvalue weighted by atomic mass is 9.72. The van der Waals surface area contributed by atoms with Crippen molar-refractivity contribution in [3.05, 3.63) is 0 Å². The Labute approximate surface area is 87.2 Å². The quantitative estimate of drug-likeness (QED) is 0.678. The van der Waals surface area contributed by atoms with Gasteiger partial charge in [-0.25, -0.2) is 8.78 Å². The Morgan fingerprint density at radius 3 is 2.79 bits per heavy atom. The molecular formula is C8H14ClF2NO2. The van der Waals surface area contributed by atoms with Crippen LogP contribution in [0.25, 0.3) is 0 Å². The summed E-state index contributed by atoms with van der Waals surface area (Å²) in [5.74, 6) is -3.59. The number of piperidine rings is 1. The van der Waals surface area contributed by atoms with Crippen molar-refractivity contribution in [3.63, 3.8) is 0 Å². The molecule has 0 amide bonds. The van der Waals surface area contributed by atoms with E-state index in [1.165, 1.54) is 0 Å². The summed E-state index contributed by atoms with van der Waals surface area (Å²) < 4.78 is 32.5. The van der Waals surface area contributed by atoms with Gasteiger partial charge in [-0.05, 0) is 0 Å². The Hall–Kier alpha value is 0.0300. The summed E-state index contributed by atoms with van der Waals surface area (Å²) in [6, 6.07) is 0. The fourth-order valence-electron chi connectivity index (χ4n) is 2.08. The van der Waals surface area contributed by atoms with Crippen LogP contribution < -0.4 is 5.32 Å². The fraction of sp³-hybridized carbons (Fsp3) is 1.00. The van der Waals surface area contributed by atoms with Crippen LogP contribution in [0.2, 0.25) is 0 Å². The van der Waals surface area contributed by atoms with Crippen molar-refractivity contribution in [1.82, 2.24) is 5.32 Å². The second-order valence-electron chi connectivity index (χ2n) is 3.90. The molecule has 0 aromatic carbocycles. The molecule has 0 aromatic rings. The zero-order chi connectivity index (χ0) is 9.53. The van der Waals surface area contributed by atoms with Crippen molar-refractivity contribution < 1.29 is 18.6 Å². The predicted octanol–water partition coefficient (Wildman–Crippen LogP) is 0.272. The molecule has 84 valence electrons. The molecule has 2 atom stereocenters. The van der Waals surface area contributed by atoms with Crippen molar-refractivity contribution in [3.8, 4) is 0 Å². The van der Waals surface area contributed by atoms with Gasteiger partial charge in [0.15, 0.2) is 0 Å². The first-order chi connectivity index (χ1) is 6.12. The smallest absolute Gasteiger partial charge is 0.265 e. The molecule has 2 aliphatic rings. The third-order valence-electron chi connectivity index (χ3n) is 3.07. The first-order valence-electron chi connectivity index (χ1n) is 4.39. The summed E-state index contributed by atoms with van der Waals surface area (Å²) >= 11 is 0. The highest BCUT2D eigenvalue weighted by molar-refractivity contribution is 5.85. The van der Waals surface area contributed by atoms with Gasteiger partial charge in [-0.15, -0.1) is 12.4 Å². The van der Waals surface area contributed by atoms with Crippen molar-refractivity contribution >= 4 is 12.4 Å². The summed E-state index contributed by atoms with van der Waals surface area (Å²) in [4.78, 5) is 0. The molecule has 2 N–H and O–H groups in total. The van der Waals surface area contributed by atoms with E-state index in [0.717, 1.165) is 0 Å². The standard InChI is InChI=1S/C8H13F2NO2.ClH/c9-8(10)6-1-11-3-7(8,4-12)5-13-2-6;/h6,11-12H,1-5H2;1H. The highest BCUT2D eigenvalue weighted by atomic mass is 35.5. The molecule has 2 unspecified atom stereocenters. The molecule has 2 rings (SSSR count). The molecule has 0 saturated carbocycles. The maximum Gasteiger partial charge on any atom is 0.265 e. The lowest BCUT2D eigenvalue weighted by molar-refractivity contribution is -0.258. The van der Waals surface area contributed by atoms with Crippen molar-refractivity contribution in [2.45, 2.75) is 5.92 Å². The molecule has 0 aromatic heterocycles. The van der Waals surface area contributed by atoms with Crippen LogP contribution in [0.5, 0.6) is 0 Å². The minimum absolute atomic E-state index is 0. The Morgan fingerprint density at radius 1 is 1.50 bits per heavy atom. The first-order valence-corrected chi connectivity index (χ1v) is 4.39. The second kappa shape index (κ2) is 3.89. The maximum absolute atomic E-state index is 13.7. The van der Waals surface area contributed by atoms with Gasteiger partial charge in [0.1, 0.15) is 0 Å². The van der Waals surface area contributed by atoms with Crippen LogP contribution in [0.1, 0.15) is 0 Å². The summed E-state index contributed by atoms with van der Waals surface area (Å²) in [6.45, 7) is -0.0903. The largest absolute Gasteiger partial charge is 0.395 e. The Morgan fingerprint density at radius 2 is 2.21 bits per heavy atom. The third kappa shape index (κ3) is 1.43. The minimum atomic E-state index is -2.80. The van der Waals surface area contributed by atoms with Crippen LogP contribution in [0.3, 0.4) is 0 Å². The molecule has 3 nitrogen and oxygen atoms in total. The van der Waals surface area contributed by atoms with Gasteiger partial charge in [-0.2, -0.15) is 0 Å². The zero-order valence-electron chi connectivity index (χ0n) is 7.63. The Bertz CT molecular complexity index is 206. The van der Waals surface area contributed by atoms with Crippen molar-refractivity contribution in [1.29, 1.82) is 0 Å². The van der Waals surface area contributed by atoms with Crippen LogP contribution in [-0.2, 0) is 4.74 Å². The lowest BCUT2D eigenvalue weighted by Crippen LogP contribution is -2.67. The molecule has 0 spiro atoms. The Kier molecular flexibility index (Phi) is 3.36. The van der Waals surface area contributed by atoms with E-state index in [0.29, 0.717) is 0 Å². The number of nitrogens with one attached hydrogen (secondary N) is 1. The zero-order valence-corrected chi connectivity index (χ0v) is 8.45. The number of hydrogen-bond acceptors (Lipinski definition) is 3. The number of hydrogen-bond donors (Lipinski definition) is 2. The monoisotopic (exact) mass is 229 g/mol. The minimum Gasteiger partial charge on any atom is -0.395 e. The van der Waals surface area contributed by atoms with Gasteiger partial charge in [0.2, 0.25) is 0 Å². The van der Waals surface area contributed by atoms with E-state index in [1.807, 2.05) is 0 Å². The predicted molar refractivity (Wildman–Crippen MR) is 48.9 cm³/mol. The third-order valence-corrected chi connectivity index (χ3v) is 3.07. The number of alkyl halides is 2. The summed E-state index contributed by atoms with van der Waals surface area (Å²) in [5.41, 5.74) is -1.39. The number of aliphatic hydroxyl groups is 1. The van der Waals surface area contributed by atoms with Crippen LogP contribution in [0.15, 0.2) is 0 Å². The molecule has 2 heterocycles. The van der Waals surface area contributed by atoms with E-state index >= 15 is 0 Å². The number of halogens is 3. The number of ether oxygens (including phenoxy) is 1. The average Bonchev–Trinajstić information content (AvgIpc) is 2.02. The van der Waals surface area contributed by atoms with Gasteiger partial charge in [0.05, 0.1) is 31.2 Å². The van der Waals surface area contributed by atoms with E-state index in [2.05, 4.69) is 5.32 Å². The number of aliphatic hydroxyl groups excluding tert-OH is 1. The lowest BCUT2D eigenvalue weighted by Gasteiger charge is -2.50. The van der Waals surface area contributed by atoms with Crippen molar-refractivity contribution in [2.24, 2.45) is 11.3 Å². The average molecular weight is 230 g/mol. The molecule has 2 bridgehead atoms. The molecule has 2 fully saturated rings. The highest BCUT2D eigenvalue weighted by Gasteiger charge is 2.62. The van der Waals surface area contributed by atoms with Gasteiger partial charge in [-0.1, -0.05) is 0 Å². The van der Waals surface area contributed by atoms with Gasteiger partial charge >= 0.3 is 0 Å². The molecule has 6 heteroatoms. The fourth-order valence-corrected chi connectivity index (χ4v) is 2.08. The van der Waals surface area contributed by atoms with E-state index < -0.39 is 23.9 Å². The van der Waals surface area contributed by atoms with Crippen molar-refractivity contribution in [2.75, 3.05) is 32.9 Å². The van der Waals surface area contributed by atoms with Gasteiger partial charge < -0.3 is 15.2 Å².